The molecule has 3 nitrogen and oxygen atoms in total. The molecule has 1 fully saturated rings. The minimum Gasteiger partial charge on any atom is -0.464 e. The van der Waals surface area contributed by atoms with Gasteiger partial charge in [0.1, 0.15) is 11.4 Å². The Balaban J connectivity index is 1.74. The van der Waals surface area contributed by atoms with Crippen molar-refractivity contribution >= 4 is 28.4 Å². The fraction of sp³-hybridized carbons (Fsp3) is 0.462. The Morgan fingerprint density at radius 2 is 2.35 bits per heavy atom. The van der Waals surface area contributed by atoms with E-state index in [9.17, 15) is 0 Å². The maximum Gasteiger partial charge on any atom is 0.139 e. The molecule has 17 heavy (non-hydrogen) atoms. The third kappa shape index (κ3) is 2.12. The van der Waals surface area contributed by atoms with Crippen molar-refractivity contribution in [1.82, 2.24) is 4.98 Å². The largest absolute Gasteiger partial charge is 0.464 e. The van der Waals surface area contributed by atoms with E-state index in [0.717, 1.165) is 29.8 Å². The molecule has 0 aliphatic heterocycles. The predicted octanol–water partition coefficient (Wildman–Crippen LogP) is 3.65. The van der Waals surface area contributed by atoms with Crippen LogP contribution in [0.1, 0.15) is 19.3 Å². The van der Waals surface area contributed by atoms with Crippen molar-refractivity contribution in [2.24, 2.45) is 5.92 Å². The van der Waals surface area contributed by atoms with Crippen LogP contribution in [0, 0.1) is 5.92 Å². The molecule has 2 aromatic rings. The number of halogens is 1. The lowest BCUT2D eigenvalue weighted by Gasteiger charge is -2.15. The zero-order valence-electron chi connectivity index (χ0n) is 9.53. The number of nitrogens with one attached hydrogen (secondary N) is 1. The monoisotopic (exact) mass is 250 g/mol. The predicted molar refractivity (Wildman–Crippen MR) is 69.5 cm³/mol. The van der Waals surface area contributed by atoms with Gasteiger partial charge in [-0.2, -0.15) is 0 Å². The molecular formula is C13H15ClN2O. The standard InChI is InChI=1S/C13H15ClN2O/c14-11-3-1-2-9(11)8-16-13-10-5-7-17-12(10)4-6-15-13/h4-7,9,11H,1-3,8H2,(H,15,16). The molecule has 0 aromatic carbocycles. The van der Waals surface area contributed by atoms with E-state index in [4.69, 9.17) is 16.0 Å². The van der Waals surface area contributed by atoms with Gasteiger partial charge in [0.25, 0.3) is 0 Å². The van der Waals surface area contributed by atoms with Gasteiger partial charge >= 0.3 is 0 Å². The highest BCUT2D eigenvalue weighted by molar-refractivity contribution is 6.21. The molecule has 2 unspecified atom stereocenters. The summed E-state index contributed by atoms with van der Waals surface area (Å²) in [5.74, 6) is 1.45. The van der Waals surface area contributed by atoms with Gasteiger partial charge in [-0.15, -0.1) is 11.6 Å². The Bertz CT molecular complexity index is 511. The topological polar surface area (TPSA) is 38.1 Å². The first kappa shape index (κ1) is 10.9. The van der Waals surface area contributed by atoms with Crippen LogP contribution >= 0.6 is 11.6 Å². The second-order valence-electron chi connectivity index (χ2n) is 4.58. The van der Waals surface area contributed by atoms with Crippen LogP contribution in [0.4, 0.5) is 5.82 Å². The number of hydrogen-bond donors (Lipinski definition) is 1. The molecule has 0 amide bonds. The number of pyridine rings is 1. The van der Waals surface area contributed by atoms with Crippen molar-refractivity contribution in [2.45, 2.75) is 24.6 Å². The highest BCUT2D eigenvalue weighted by atomic mass is 35.5. The van der Waals surface area contributed by atoms with Crippen LogP contribution in [-0.2, 0) is 0 Å². The Morgan fingerprint density at radius 1 is 1.41 bits per heavy atom. The number of rotatable bonds is 3. The summed E-state index contributed by atoms with van der Waals surface area (Å²) >= 11 is 6.26. The summed E-state index contributed by atoms with van der Waals surface area (Å²) in [5.41, 5.74) is 0.872. The van der Waals surface area contributed by atoms with Crippen molar-refractivity contribution in [3.05, 3.63) is 24.6 Å². The lowest BCUT2D eigenvalue weighted by molar-refractivity contribution is 0.585. The first-order chi connectivity index (χ1) is 8.34. The first-order valence-electron chi connectivity index (χ1n) is 6.05. The van der Waals surface area contributed by atoms with E-state index in [1.54, 1.807) is 12.5 Å². The van der Waals surface area contributed by atoms with Crippen LogP contribution in [0.25, 0.3) is 11.0 Å². The van der Waals surface area contributed by atoms with Crippen LogP contribution in [-0.4, -0.2) is 16.9 Å². The number of alkyl halides is 1. The van der Waals surface area contributed by atoms with E-state index in [2.05, 4.69) is 10.3 Å². The number of hydrogen-bond acceptors (Lipinski definition) is 3. The molecule has 2 heterocycles. The SMILES string of the molecule is ClC1CCCC1CNc1nccc2occc12. The van der Waals surface area contributed by atoms with E-state index in [1.807, 2.05) is 12.1 Å². The summed E-state index contributed by atoms with van der Waals surface area (Å²) in [6, 6.07) is 3.82. The van der Waals surface area contributed by atoms with Gasteiger partial charge in [-0.3, -0.25) is 0 Å². The Kier molecular flexibility index (Phi) is 2.93. The lowest BCUT2D eigenvalue weighted by atomic mass is 10.1. The molecule has 1 aliphatic carbocycles. The van der Waals surface area contributed by atoms with Gasteiger partial charge in [-0.1, -0.05) is 6.42 Å². The van der Waals surface area contributed by atoms with Gasteiger partial charge in [-0.25, -0.2) is 4.98 Å². The summed E-state index contributed by atoms with van der Waals surface area (Å²) in [7, 11) is 0. The minimum atomic E-state index is 0.311. The van der Waals surface area contributed by atoms with Crippen molar-refractivity contribution < 1.29 is 4.42 Å². The molecule has 1 N–H and O–H groups in total. The maximum atomic E-state index is 6.26. The molecule has 0 spiro atoms. The van der Waals surface area contributed by atoms with Gasteiger partial charge in [0.15, 0.2) is 0 Å². The summed E-state index contributed by atoms with van der Waals surface area (Å²) < 4.78 is 5.35. The summed E-state index contributed by atoms with van der Waals surface area (Å²) in [6.07, 6.45) is 7.04. The van der Waals surface area contributed by atoms with Crippen molar-refractivity contribution in [3.63, 3.8) is 0 Å². The summed E-state index contributed by atoms with van der Waals surface area (Å²) in [5, 5.41) is 4.74. The fourth-order valence-corrected chi connectivity index (χ4v) is 2.85. The van der Waals surface area contributed by atoms with Crippen LogP contribution in [0.15, 0.2) is 29.0 Å². The Morgan fingerprint density at radius 3 is 3.18 bits per heavy atom. The number of aromatic nitrogens is 1. The second kappa shape index (κ2) is 4.57. The molecule has 0 bridgehead atoms. The third-order valence-electron chi connectivity index (χ3n) is 3.48. The van der Waals surface area contributed by atoms with Gasteiger partial charge in [-0.05, 0) is 30.9 Å². The van der Waals surface area contributed by atoms with E-state index in [0.29, 0.717) is 11.3 Å². The van der Waals surface area contributed by atoms with Crippen molar-refractivity contribution in [2.75, 3.05) is 11.9 Å². The van der Waals surface area contributed by atoms with Crippen LogP contribution in [0.3, 0.4) is 0 Å². The smallest absolute Gasteiger partial charge is 0.139 e. The maximum absolute atomic E-state index is 6.26. The molecule has 1 saturated carbocycles. The molecule has 3 rings (SSSR count). The molecule has 1 aliphatic rings. The zero-order valence-corrected chi connectivity index (χ0v) is 10.3. The quantitative estimate of drug-likeness (QED) is 0.845. The van der Waals surface area contributed by atoms with Crippen LogP contribution in [0.2, 0.25) is 0 Å². The van der Waals surface area contributed by atoms with E-state index >= 15 is 0 Å². The molecule has 2 aromatic heterocycles. The van der Waals surface area contributed by atoms with Gasteiger partial charge in [0.05, 0.1) is 11.6 Å². The fourth-order valence-electron chi connectivity index (χ4n) is 2.48. The van der Waals surface area contributed by atoms with Gasteiger partial charge in [0.2, 0.25) is 0 Å². The third-order valence-corrected chi connectivity index (χ3v) is 4.05. The van der Waals surface area contributed by atoms with Gasteiger partial charge in [0, 0.05) is 18.1 Å². The van der Waals surface area contributed by atoms with E-state index in [1.165, 1.54) is 12.8 Å². The van der Waals surface area contributed by atoms with Crippen LogP contribution in [0.5, 0.6) is 0 Å². The number of anilines is 1. The zero-order chi connectivity index (χ0) is 11.7. The average molecular weight is 251 g/mol. The van der Waals surface area contributed by atoms with Crippen molar-refractivity contribution in [1.29, 1.82) is 0 Å². The second-order valence-corrected chi connectivity index (χ2v) is 5.14. The molecular weight excluding hydrogens is 236 g/mol. The van der Waals surface area contributed by atoms with E-state index in [-0.39, 0.29) is 0 Å². The molecule has 0 radical (unpaired) electrons. The number of fused-ring (bicyclic) bond motifs is 1. The summed E-state index contributed by atoms with van der Waals surface area (Å²) in [6.45, 7) is 0.894. The molecule has 90 valence electrons. The first-order valence-corrected chi connectivity index (χ1v) is 6.48. The number of nitrogens with zero attached hydrogens (tertiary/aromatic N) is 1. The molecule has 4 heteroatoms. The average Bonchev–Trinajstić information content (AvgIpc) is 2.95. The molecule has 0 saturated heterocycles. The normalized spacial score (nSPS) is 24.3. The molecule has 2 atom stereocenters. The highest BCUT2D eigenvalue weighted by Gasteiger charge is 2.25. The summed E-state index contributed by atoms with van der Waals surface area (Å²) in [4.78, 5) is 4.35. The van der Waals surface area contributed by atoms with Crippen LogP contribution < -0.4 is 5.32 Å². The Labute approximate surface area is 105 Å². The highest BCUT2D eigenvalue weighted by Crippen LogP contribution is 2.30. The van der Waals surface area contributed by atoms with E-state index < -0.39 is 0 Å². The number of furan rings is 1. The minimum absolute atomic E-state index is 0.311. The van der Waals surface area contributed by atoms with Crippen molar-refractivity contribution in [3.8, 4) is 0 Å². The van der Waals surface area contributed by atoms with Gasteiger partial charge < -0.3 is 9.73 Å². The Hall–Kier alpha value is -1.22. The lowest BCUT2D eigenvalue weighted by Crippen LogP contribution is -2.18.